The number of amides is 2. The molecule has 1 saturated heterocycles. The highest BCUT2D eigenvalue weighted by molar-refractivity contribution is 6.07. The Morgan fingerprint density at radius 2 is 1.87 bits per heavy atom. The molecule has 0 aromatic rings. The van der Waals surface area contributed by atoms with Gasteiger partial charge in [0.05, 0.1) is 11.8 Å². The van der Waals surface area contributed by atoms with Gasteiger partial charge in [-0.2, -0.15) is 0 Å². The Morgan fingerprint density at radius 1 is 1.20 bits per heavy atom. The fourth-order valence-corrected chi connectivity index (χ4v) is 3.80. The number of hydrogen-bond acceptors (Lipinski definition) is 2. The Labute approximate surface area is 88.9 Å². The minimum atomic E-state index is -0.154. The van der Waals surface area contributed by atoms with Crippen LogP contribution in [0, 0.1) is 28.6 Å². The van der Waals surface area contributed by atoms with Crippen molar-refractivity contribution in [3.05, 3.63) is 12.2 Å². The average Bonchev–Trinajstić information content (AvgIpc) is 2.59. The van der Waals surface area contributed by atoms with Crippen LogP contribution in [-0.4, -0.2) is 11.8 Å². The second-order valence-electron chi connectivity index (χ2n) is 5.75. The molecule has 15 heavy (non-hydrogen) atoms. The third-order valence-corrected chi connectivity index (χ3v) is 5.10. The van der Waals surface area contributed by atoms with E-state index in [4.69, 9.17) is 0 Å². The SMILES string of the molecule is CC1(C)C2C=CC1(C)C1C(=O)NC(=O)C21. The highest BCUT2D eigenvalue weighted by atomic mass is 16.2. The zero-order valence-electron chi connectivity index (χ0n) is 9.20. The first kappa shape index (κ1) is 9.13. The highest BCUT2D eigenvalue weighted by Gasteiger charge is 2.70. The predicted molar refractivity (Wildman–Crippen MR) is 54.6 cm³/mol. The van der Waals surface area contributed by atoms with Gasteiger partial charge in [-0.3, -0.25) is 14.9 Å². The molecule has 1 aliphatic heterocycles. The molecule has 0 spiro atoms. The van der Waals surface area contributed by atoms with E-state index in [1.165, 1.54) is 0 Å². The van der Waals surface area contributed by atoms with Gasteiger partial charge in [-0.05, 0) is 11.3 Å². The van der Waals surface area contributed by atoms with Crippen LogP contribution in [0.3, 0.4) is 0 Å². The summed E-state index contributed by atoms with van der Waals surface area (Å²) in [5.74, 6) is -0.194. The van der Waals surface area contributed by atoms with Crippen molar-refractivity contribution >= 4 is 11.8 Å². The van der Waals surface area contributed by atoms with Crippen LogP contribution >= 0.6 is 0 Å². The molecular formula is C12H15NO2. The van der Waals surface area contributed by atoms with E-state index in [-0.39, 0.29) is 40.4 Å². The molecule has 3 rings (SSSR count). The van der Waals surface area contributed by atoms with Crippen LogP contribution in [0.5, 0.6) is 0 Å². The summed E-state index contributed by atoms with van der Waals surface area (Å²) in [4.78, 5) is 23.5. The molecule has 3 aliphatic rings. The lowest BCUT2D eigenvalue weighted by Gasteiger charge is -2.36. The minimum Gasteiger partial charge on any atom is -0.296 e. The van der Waals surface area contributed by atoms with Crippen LogP contribution in [0.2, 0.25) is 0 Å². The van der Waals surface area contributed by atoms with Gasteiger partial charge in [0.15, 0.2) is 0 Å². The molecule has 3 nitrogen and oxygen atoms in total. The van der Waals surface area contributed by atoms with E-state index in [0.717, 1.165) is 0 Å². The molecule has 3 heteroatoms. The van der Waals surface area contributed by atoms with E-state index in [9.17, 15) is 9.59 Å². The number of fused-ring (bicyclic) bond motifs is 5. The van der Waals surface area contributed by atoms with Crippen molar-refractivity contribution in [2.75, 3.05) is 0 Å². The van der Waals surface area contributed by atoms with Crippen molar-refractivity contribution in [3.63, 3.8) is 0 Å². The topological polar surface area (TPSA) is 46.2 Å². The van der Waals surface area contributed by atoms with Crippen LogP contribution in [0.1, 0.15) is 20.8 Å². The lowest BCUT2D eigenvalue weighted by molar-refractivity contribution is -0.128. The van der Waals surface area contributed by atoms with Gasteiger partial charge in [-0.15, -0.1) is 0 Å². The van der Waals surface area contributed by atoms with Gasteiger partial charge in [-0.1, -0.05) is 32.9 Å². The van der Waals surface area contributed by atoms with E-state index in [1.54, 1.807) is 0 Å². The Balaban J connectivity index is 2.20. The number of carbonyl (C=O) groups is 2. The first-order valence-electron chi connectivity index (χ1n) is 5.43. The summed E-state index contributed by atoms with van der Waals surface area (Å²) < 4.78 is 0. The molecule has 2 fully saturated rings. The molecule has 1 N–H and O–H groups in total. The minimum absolute atomic E-state index is 0.0236. The number of nitrogens with one attached hydrogen (secondary N) is 1. The van der Waals surface area contributed by atoms with Gasteiger partial charge in [0, 0.05) is 5.41 Å². The second kappa shape index (κ2) is 2.18. The number of imide groups is 1. The van der Waals surface area contributed by atoms with Gasteiger partial charge >= 0.3 is 0 Å². The lowest BCUT2D eigenvalue weighted by Crippen LogP contribution is -2.38. The van der Waals surface area contributed by atoms with Gasteiger partial charge in [0.2, 0.25) is 11.8 Å². The Bertz CT molecular complexity index is 410. The second-order valence-corrected chi connectivity index (χ2v) is 5.75. The van der Waals surface area contributed by atoms with E-state index >= 15 is 0 Å². The molecule has 1 heterocycles. The van der Waals surface area contributed by atoms with Gasteiger partial charge in [0.1, 0.15) is 0 Å². The number of allylic oxidation sites excluding steroid dienone is 2. The molecule has 4 atom stereocenters. The molecule has 2 bridgehead atoms. The normalized spacial score (nSPS) is 49.7. The molecule has 0 aromatic carbocycles. The van der Waals surface area contributed by atoms with Crippen LogP contribution in [0.15, 0.2) is 12.2 Å². The predicted octanol–water partition coefficient (Wildman–Crippen LogP) is 1.11. The van der Waals surface area contributed by atoms with Crippen molar-refractivity contribution in [2.45, 2.75) is 20.8 Å². The molecule has 1 saturated carbocycles. The van der Waals surface area contributed by atoms with Gasteiger partial charge in [-0.25, -0.2) is 0 Å². The Morgan fingerprint density at radius 3 is 2.47 bits per heavy atom. The molecule has 2 amide bonds. The summed E-state index contributed by atoms with van der Waals surface area (Å²) in [6, 6.07) is 0. The van der Waals surface area contributed by atoms with Crippen molar-refractivity contribution in [3.8, 4) is 0 Å². The maximum Gasteiger partial charge on any atom is 0.231 e. The van der Waals surface area contributed by atoms with Crippen molar-refractivity contribution in [1.29, 1.82) is 0 Å². The molecule has 0 aromatic heterocycles. The van der Waals surface area contributed by atoms with E-state index in [1.807, 2.05) is 0 Å². The van der Waals surface area contributed by atoms with Crippen LogP contribution in [-0.2, 0) is 9.59 Å². The largest absolute Gasteiger partial charge is 0.296 e. The van der Waals surface area contributed by atoms with E-state index in [2.05, 4.69) is 38.2 Å². The van der Waals surface area contributed by atoms with Crippen LogP contribution in [0.25, 0.3) is 0 Å². The fraction of sp³-hybridized carbons (Fsp3) is 0.667. The molecule has 0 radical (unpaired) electrons. The maximum absolute atomic E-state index is 11.8. The zero-order chi connectivity index (χ0) is 11.0. The summed E-state index contributed by atoms with van der Waals surface area (Å²) in [5, 5.41) is 2.46. The first-order valence-corrected chi connectivity index (χ1v) is 5.43. The van der Waals surface area contributed by atoms with Crippen molar-refractivity contribution in [2.24, 2.45) is 28.6 Å². The first-order chi connectivity index (χ1) is 6.89. The smallest absolute Gasteiger partial charge is 0.231 e. The highest BCUT2D eigenvalue weighted by Crippen LogP contribution is 2.68. The molecule has 80 valence electrons. The summed E-state index contributed by atoms with van der Waals surface area (Å²) >= 11 is 0. The van der Waals surface area contributed by atoms with E-state index in [0.29, 0.717) is 0 Å². The monoisotopic (exact) mass is 205 g/mol. The number of rotatable bonds is 0. The molecule has 4 unspecified atom stereocenters. The van der Waals surface area contributed by atoms with Crippen molar-refractivity contribution < 1.29 is 9.59 Å². The average molecular weight is 205 g/mol. The third-order valence-electron chi connectivity index (χ3n) is 5.10. The van der Waals surface area contributed by atoms with Gasteiger partial charge < -0.3 is 0 Å². The van der Waals surface area contributed by atoms with Gasteiger partial charge in [0.25, 0.3) is 0 Å². The summed E-state index contributed by atoms with van der Waals surface area (Å²) in [7, 11) is 0. The lowest BCUT2D eigenvalue weighted by atomic mass is 9.67. The van der Waals surface area contributed by atoms with Crippen LogP contribution < -0.4 is 5.32 Å². The third kappa shape index (κ3) is 0.724. The Hall–Kier alpha value is -1.12. The molecule has 2 aliphatic carbocycles. The summed E-state index contributed by atoms with van der Waals surface area (Å²) in [6.07, 6.45) is 4.26. The summed E-state index contributed by atoms with van der Waals surface area (Å²) in [6.45, 7) is 6.43. The molecular weight excluding hydrogens is 190 g/mol. The van der Waals surface area contributed by atoms with E-state index < -0.39 is 0 Å². The Kier molecular flexibility index (Phi) is 1.33. The maximum atomic E-state index is 11.8. The van der Waals surface area contributed by atoms with Crippen LogP contribution in [0.4, 0.5) is 0 Å². The van der Waals surface area contributed by atoms with Crippen molar-refractivity contribution in [1.82, 2.24) is 5.32 Å². The fourth-order valence-electron chi connectivity index (χ4n) is 3.80. The zero-order valence-corrected chi connectivity index (χ0v) is 9.20. The standard InChI is InChI=1S/C12H15NO2/c1-11(2)6-4-5-12(11,3)8-7(6)9(14)13-10(8)15/h4-8H,1-3H3,(H,13,14,15). The number of carbonyl (C=O) groups excluding carboxylic acids is 2. The summed E-state index contributed by atoms with van der Waals surface area (Å²) in [5.41, 5.74) is -0.131. The quantitative estimate of drug-likeness (QED) is 0.475. The number of hydrogen-bond donors (Lipinski definition) is 1.